The molecular weight excluding hydrogens is 316 g/mol. The lowest BCUT2D eigenvalue weighted by molar-refractivity contribution is 0.227. The summed E-state index contributed by atoms with van der Waals surface area (Å²) in [7, 11) is 1.67. The summed E-state index contributed by atoms with van der Waals surface area (Å²) in [6, 6.07) is 8.69. The lowest BCUT2D eigenvalue weighted by Gasteiger charge is -2.35. The van der Waals surface area contributed by atoms with E-state index in [1.54, 1.807) is 31.5 Å². The van der Waals surface area contributed by atoms with Crippen LogP contribution in [-0.2, 0) is 0 Å². The molecule has 1 fully saturated rings. The van der Waals surface area contributed by atoms with Crippen LogP contribution in [0.1, 0.15) is 30.0 Å². The Morgan fingerprint density at radius 2 is 2.26 bits per heavy atom. The normalized spacial score (nSPS) is 19.5. The number of carbonyl (C=O) groups excluding carboxylic acids is 1. The number of nitriles is 1. The van der Waals surface area contributed by atoms with Crippen LogP contribution in [0.3, 0.4) is 0 Å². The van der Waals surface area contributed by atoms with Gasteiger partial charge in [0.25, 0.3) is 0 Å². The minimum absolute atomic E-state index is 0.125. The van der Waals surface area contributed by atoms with Crippen LogP contribution >= 0.6 is 11.6 Å². The highest BCUT2D eigenvalue weighted by molar-refractivity contribution is 6.32. The van der Waals surface area contributed by atoms with Gasteiger partial charge in [-0.05, 0) is 31.0 Å². The van der Waals surface area contributed by atoms with Gasteiger partial charge in [-0.2, -0.15) is 5.26 Å². The quantitative estimate of drug-likeness (QED) is 0.936. The zero-order valence-corrected chi connectivity index (χ0v) is 13.2. The Labute approximate surface area is 138 Å². The maximum atomic E-state index is 12.3. The summed E-state index contributed by atoms with van der Waals surface area (Å²) in [6.45, 7) is 0. The van der Waals surface area contributed by atoms with Crippen LogP contribution in [0.15, 0.2) is 35.1 Å². The van der Waals surface area contributed by atoms with Gasteiger partial charge in [-0.25, -0.2) is 4.79 Å². The van der Waals surface area contributed by atoms with E-state index in [-0.39, 0.29) is 12.1 Å². The Morgan fingerprint density at radius 3 is 2.87 bits per heavy atom. The van der Waals surface area contributed by atoms with Crippen LogP contribution in [0.25, 0.3) is 0 Å². The Balaban J connectivity index is 1.57. The Morgan fingerprint density at radius 1 is 1.48 bits per heavy atom. The molecule has 1 heterocycles. The fraction of sp³-hybridized carbons (Fsp3) is 0.312. The van der Waals surface area contributed by atoms with Crippen LogP contribution < -0.4 is 10.2 Å². The molecule has 118 valence electrons. The summed E-state index contributed by atoms with van der Waals surface area (Å²) in [5.41, 5.74) is 1.96. The van der Waals surface area contributed by atoms with Gasteiger partial charge in [0, 0.05) is 30.8 Å². The average molecular weight is 331 g/mol. The second-order valence-corrected chi connectivity index (χ2v) is 5.98. The number of anilines is 1. The maximum Gasteiger partial charge on any atom is 0.321 e. The first-order chi connectivity index (χ1) is 11.1. The van der Waals surface area contributed by atoms with Gasteiger partial charge in [0.15, 0.2) is 0 Å². The predicted molar refractivity (Wildman–Crippen MR) is 85.4 cm³/mol. The maximum absolute atomic E-state index is 12.3. The van der Waals surface area contributed by atoms with Crippen molar-refractivity contribution in [2.45, 2.75) is 24.8 Å². The van der Waals surface area contributed by atoms with Crippen molar-refractivity contribution in [3.05, 3.63) is 46.8 Å². The second-order valence-electron chi connectivity index (χ2n) is 5.57. The number of aromatic nitrogens is 1. The molecule has 1 aromatic carbocycles. The molecule has 1 saturated carbocycles. The number of urea groups is 1. The van der Waals surface area contributed by atoms with Crippen molar-refractivity contribution >= 4 is 23.3 Å². The van der Waals surface area contributed by atoms with Crippen molar-refractivity contribution in [3.8, 4) is 6.07 Å². The highest BCUT2D eigenvalue weighted by Crippen LogP contribution is 2.36. The van der Waals surface area contributed by atoms with Gasteiger partial charge in [-0.3, -0.25) is 4.90 Å². The van der Waals surface area contributed by atoms with Crippen LogP contribution in [0, 0.1) is 11.3 Å². The number of nitrogens with one attached hydrogen (secondary N) is 1. The first-order valence-corrected chi connectivity index (χ1v) is 7.60. The van der Waals surface area contributed by atoms with Gasteiger partial charge in [0.1, 0.15) is 12.3 Å². The molecule has 0 spiro atoms. The fourth-order valence-corrected chi connectivity index (χ4v) is 2.82. The largest absolute Gasteiger partial charge is 0.365 e. The molecule has 0 saturated heterocycles. The molecule has 6 nitrogen and oxygen atoms in total. The van der Waals surface area contributed by atoms with E-state index in [0.717, 1.165) is 18.5 Å². The highest BCUT2D eigenvalue weighted by atomic mass is 35.5. The smallest absolute Gasteiger partial charge is 0.321 e. The number of hydrogen-bond acceptors (Lipinski definition) is 4. The SMILES string of the molecule is CN(C(=O)NC1CC(c2ccon2)C1)c1ccc(C#N)c(Cl)c1. The Bertz CT molecular complexity index is 748. The number of nitrogens with zero attached hydrogens (tertiary/aromatic N) is 3. The molecule has 7 heteroatoms. The molecule has 1 aliphatic rings. The van der Waals surface area contributed by atoms with E-state index in [1.165, 1.54) is 4.90 Å². The molecule has 1 N–H and O–H groups in total. The van der Waals surface area contributed by atoms with Crippen molar-refractivity contribution in [1.82, 2.24) is 10.5 Å². The minimum atomic E-state index is -0.200. The van der Waals surface area contributed by atoms with Crippen LogP contribution in [-0.4, -0.2) is 24.3 Å². The van der Waals surface area contributed by atoms with Crippen molar-refractivity contribution in [3.63, 3.8) is 0 Å². The molecule has 0 radical (unpaired) electrons. The lowest BCUT2D eigenvalue weighted by atomic mass is 9.78. The first-order valence-electron chi connectivity index (χ1n) is 7.22. The molecule has 23 heavy (non-hydrogen) atoms. The summed E-state index contributed by atoms with van der Waals surface area (Å²) in [5, 5.41) is 16.1. The molecular formula is C16H15ClN4O2. The fourth-order valence-electron chi connectivity index (χ4n) is 2.60. The van der Waals surface area contributed by atoms with Gasteiger partial charge in [0.05, 0.1) is 16.3 Å². The monoisotopic (exact) mass is 330 g/mol. The Hall–Kier alpha value is -2.52. The number of carbonyl (C=O) groups is 1. The van der Waals surface area contributed by atoms with E-state index in [9.17, 15) is 4.79 Å². The van der Waals surface area contributed by atoms with Gasteiger partial charge < -0.3 is 9.84 Å². The van der Waals surface area contributed by atoms with Crippen LogP contribution in [0.2, 0.25) is 5.02 Å². The van der Waals surface area contributed by atoms with Gasteiger partial charge >= 0.3 is 6.03 Å². The number of rotatable bonds is 3. The molecule has 1 aromatic heterocycles. The summed E-state index contributed by atoms with van der Waals surface area (Å²) in [5.74, 6) is 0.341. The molecule has 3 rings (SSSR count). The molecule has 2 aromatic rings. The highest BCUT2D eigenvalue weighted by Gasteiger charge is 2.33. The molecule has 0 atom stereocenters. The standard InChI is InChI=1S/C16H15ClN4O2/c1-21(13-3-2-10(9-18)14(17)8-13)16(22)19-12-6-11(7-12)15-4-5-23-20-15/h2-5,8,11-12H,6-7H2,1H3,(H,19,22). The van der Waals surface area contributed by atoms with Gasteiger partial charge in [-0.1, -0.05) is 16.8 Å². The zero-order valence-electron chi connectivity index (χ0n) is 12.5. The molecule has 0 unspecified atom stereocenters. The van der Waals surface area contributed by atoms with Crippen LogP contribution in [0.4, 0.5) is 10.5 Å². The Kier molecular flexibility index (Phi) is 4.22. The average Bonchev–Trinajstić information content (AvgIpc) is 3.03. The van der Waals surface area contributed by atoms with Crippen molar-refractivity contribution in [2.24, 2.45) is 0 Å². The second kappa shape index (κ2) is 6.31. The van der Waals surface area contributed by atoms with Gasteiger partial charge in [0.2, 0.25) is 0 Å². The summed E-state index contributed by atoms with van der Waals surface area (Å²) < 4.78 is 4.83. The van der Waals surface area contributed by atoms with Gasteiger partial charge in [-0.15, -0.1) is 0 Å². The minimum Gasteiger partial charge on any atom is -0.365 e. The third-order valence-electron chi connectivity index (χ3n) is 4.11. The molecule has 0 aliphatic heterocycles. The predicted octanol–water partition coefficient (Wildman–Crippen LogP) is 3.29. The lowest BCUT2D eigenvalue weighted by Crippen LogP contribution is -2.48. The molecule has 1 aliphatic carbocycles. The molecule has 2 amide bonds. The van der Waals surface area contributed by atoms with E-state index >= 15 is 0 Å². The number of hydrogen-bond donors (Lipinski definition) is 1. The topological polar surface area (TPSA) is 82.2 Å². The summed E-state index contributed by atoms with van der Waals surface area (Å²) in [4.78, 5) is 13.8. The van der Waals surface area contributed by atoms with E-state index in [1.807, 2.05) is 12.1 Å². The molecule has 0 bridgehead atoms. The van der Waals surface area contributed by atoms with Crippen molar-refractivity contribution in [1.29, 1.82) is 5.26 Å². The first kappa shape index (κ1) is 15.4. The number of amides is 2. The summed E-state index contributed by atoms with van der Waals surface area (Å²) >= 11 is 6.00. The van der Waals surface area contributed by atoms with Crippen LogP contribution in [0.5, 0.6) is 0 Å². The van der Waals surface area contributed by atoms with Crippen molar-refractivity contribution < 1.29 is 9.32 Å². The van der Waals surface area contributed by atoms with E-state index < -0.39 is 0 Å². The van der Waals surface area contributed by atoms with E-state index in [4.69, 9.17) is 21.4 Å². The van der Waals surface area contributed by atoms with E-state index in [0.29, 0.717) is 22.2 Å². The summed E-state index contributed by atoms with van der Waals surface area (Å²) in [6.07, 6.45) is 3.25. The van der Waals surface area contributed by atoms with E-state index in [2.05, 4.69) is 10.5 Å². The third kappa shape index (κ3) is 3.15. The number of benzene rings is 1. The number of halogens is 1. The van der Waals surface area contributed by atoms with Crippen molar-refractivity contribution in [2.75, 3.05) is 11.9 Å². The zero-order chi connectivity index (χ0) is 16.4. The third-order valence-corrected chi connectivity index (χ3v) is 4.42.